The fourth-order valence-electron chi connectivity index (χ4n) is 3.09. The summed E-state index contributed by atoms with van der Waals surface area (Å²) in [6.07, 6.45) is 0. The fraction of sp³-hybridized carbons (Fsp3) is 0.261. The van der Waals surface area contributed by atoms with Crippen LogP contribution in [0, 0.1) is 18.3 Å². The summed E-state index contributed by atoms with van der Waals surface area (Å²) in [7, 11) is 1.76. The van der Waals surface area contributed by atoms with Crippen molar-refractivity contribution in [2.75, 3.05) is 7.05 Å². The molecule has 0 unspecified atom stereocenters. The predicted molar refractivity (Wildman–Crippen MR) is 108 cm³/mol. The van der Waals surface area contributed by atoms with E-state index in [1.54, 1.807) is 18.0 Å². The highest BCUT2D eigenvalue weighted by molar-refractivity contribution is 5.95. The summed E-state index contributed by atoms with van der Waals surface area (Å²) in [4.78, 5) is 14.5. The molecule has 3 rings (SSSR count). The van der Waals surface area contributed by atoms with Crippen LogP contribution in [0.4, 0.5) is 0 Å². The molecule has 0 radical (unpaired) electrons. The number of hydrogen-bond donors (Lipinski definition) is 0. The molecule has 3 aromatic rings. The zero-order valence-electron chi connectivity index (χ0n) is 16.6. The molecule has 0 aliphatic heterocycles. The number of carbonyl (C=O) groups is 1. The second-order valence-electron chi connectivity index (χ2n) is 7.26. The minimum Gasteiger partial charge on any atom is -0.361 e. The maximum Gasteiger partial charge on any atom is 0.253 e. The maximum absolute atomic E-state index is 12.9. The summed E-state index contributed by atoms with van der Waals surface area (Å²) in [5, 5.41) is 13.1. The topological polar surface area (TPSA) is 70.1 Å². The van der Waals surface area contributed by atoms with Gasteiger partial charge in [0.25, 0.3) is 5.91 Å². The van der Waals surface area contributed by atoms with Crippen molar-refractivity contribution in [1.29, 1.82) is 5.26 Å². The van der Waals surface area contributed by atoms with Crippen molar-refractivity contribution < 1.29 is 9.32 Å². The largest absolute Gasteiger partial charge is 0.361 e. The van der Waals surface area contributed by atoms with Crippen LogP contribution in [-0.4, -0.2) is 23.0 Å². The lowest BCUT2D eigenvalue weighted by Gasteiger charge is -2.16. The Hall–Kier alpha value is -3.39. The van der Waals surface area contributed by atoms with E-state index in [-0.39, 0.29) is 11.8 Å². The minimum atomic E-state index is -0.0813. The number of hydrogen-bond acceptors (Lipinski definition) is 4. The average Bonchev–Trinajstić information content (AvgIpc) is 3.16. The van der Waals surface area contributed by atoms with Gasteiger partial charge >= 0.3 is 0 Å². The molecule has 0 atom stereocenters. The van der Waals surface area contributed by atoms with Crippen LogP contribution >= 0.6 is 0 Å². The molecule has 0 bridgehead atoms. The quantitative estimate of drug-likeness (QED) is 0.637. The Morgan fingerprint density at radius 1 is 1.21 bits per heavy atom. The Bertz CT molecular complexity index is 1040. The van der Waals surface area contributed by atoms with Crippen molar-refractivity contribution in [2.45, 2.75) is 33.2 Å². The third-order valence-electron chi connectivity index (χ3n) is 4.67. The van der Waals surface area contributed by atoms with Crippen LogP contribution in [0.5, 0.6) is 0 Å². The van der Waals surface area contributed by atoms with Crippen LogP contribution in [0.1, 0.15) is 52.7 Å². The lowest BCUT2D eigenvalue weighted by atomic mass is 9.97. The molecule has 0 saturated heterocycles. The molecule has 0 aliphatic carbocycles. The molecule has 2 aromatic carbocycles. The van der Waals surface area contributed by atoms with Crippen LogP contribution < -0.4 is 0 Å². The molecule has 0 N–H and O–H groups in total. The van der Waals surface area contributed by atoms with Crippen molar-refractivity contribution in [3.8, 4) is 17.2 Å². The van der Waals surface area contributed by atoms with E-state index in [9.17, 15) is 4.79 Å². The lowest BCUT2D eigenvalue weighted by Crippen LogP contribution is -2.26. The van der Waals surface area contributed by atoms with Gasteiger partial charge in [-0.25, -0.2) is 0 Å². The van der Waals surface area contributed by atoms with Crippen LogP contribution in [0.25, 0.3) is 11.1 Å². The first-order valence-corrected chi connectivity index (χ1v) is 9.21. The predicted octanol–water partition coefficient (Wildman–Crippen LogP) is 4.92. The van der Waals surface area contributed by atoms with Gasteiger partial charge in [0.15, 0.2) is 0 Å². The molecule has 0 spiro atoms. The molecule has 5 heteroatoms. The van der Waals surface area contributed by atoms with Gasteiger partial charge in [-0.1, -0.05) is 37.2 Å². The SMILES string of the molecule is Cc1cc(C#N)ccc1-c1cccc(C(=O)N(C)Cc2cc(C(C)C)on2)c1. The summed E-state index contributed by atoms with van der Waals surface area (Å²) in [5.41, 5.74) is 4.93. The molecule has 28 heavy (non-hydrogen) atoms. The van der Waals surface area contributed by atoms with E-state index in [1.807, 2.05) is 63.2 Å². The van der Waals surface area contributed by atoms with Crippen molar-refractivity contribution in [1.82, 2.24) is 10.1 Å². The Morgan fingerprint density at radius 3 is 2.64 bits per heavy atom. The van der Waals surface area contributed by atoms with Crippen molar-refractivity contribution >= 4 is 5.91 Å². The molecule has 0 fully saturated rings. The number of amides is 1. The number of carbonyl (C=O) groups excluding carboxylic acids is 1. The molecular weight excluding hydrogens is 350 g/mol. The van der Waals surface area contributed by atoms with Gasteiger partial charge in [-0.3, -0.25) is 4.79 Å². The average molecular weight is 373 g/mol. The third-order valence-corrected chi connectivity index (χ3v) is 4.67. The summed E-state index contributed by atoms with van der Waals surface area (Å²) < 4.78 is 5.31. The third kappa shape index (κ3) is 4.12. The van der Waals surface area contributed by atoms with Crippen LogP contribution in [0.2, 0.25) is 0 Å². The van der Waals surface area contributed by atoms with Gasteiger partial charge in [-0.15, -0.1) is 0 Å². The van der Waals surface area contributed by atoms with Crippen molar-refractivity contribution in [3.05, 3.63) is 76.7 Å². The second-order valence-corrected chi connectivity index (χ2v) is 7.26. The van der Waals surface area contributed by atoms with Gasteiger partial charge in [0.2, 0.25) is 0 Å². The van der Waals surface area contributed by atoms with E-state index in [1.165, 1.54) is 0 Å². The number of aromatic nitrogens is 1. The summed E-state index contributed by atoms with van der Waals surface area (Å²) >= 11 is 0. The van der Waals surface area contributed by atoms with Gasteiger partial charge in [0.1, 0.15) is 11.5 Å². The minimum absolute atomic E-state index is 0.0813. The first kappa shape index (κ1) is 19.4. The molecule has 1 heterocycles. The second kappa shape index (κ2) is 8.10. The number of nitrogens with zero attached hydrogens (tertiary/aromatic N) is 3. The van der Waals surface area contributed by atoms with E-state index in [2.05, 4.69) is 11.2 Å². The maximum atomic E-state index is 12.9. The molecule has 1 amide bonds. The standard InChI is InChI=1S/C23H23N3O2/c1-15(2)22-12-20(25-28-22)14-26(4)23(27)19-7-5-6-18(11-19)21-9-8-17(13-24)10-16(21)3/h5-12,15H,14H2,1-4H3. The van der Waals surface area contributed by atoms with E-state index >= 15 is 0 Å². The molecule has 0 aliphatic rings. The Balaban J connectivity index is 1.80. The number of nitriles is 1. The highest BCUT2D eigenvalue weighted by Crippen LogP contribution is 2.25. The number of aryl methyl sites for hydroxylation is 1. The molecule has 142 valence electrons. The molecular formula is C23H23N3O2. The zero-order valence-corrected chi connectivity index (χ0v) is 16.6. The highest BCUT2D eigenvalue weighted by Gasteiger charge is 2.16. The van der Waals surface area contributed by atoms with Gasteiger partial charge in [-0.05, 0) is 47.9 Å². The molecule has 1 aromatic heterocycles. The van der Waals surface area contributed by atoms with Gasteiger partial charge < -0.3 is 9.42 Å². The van der Waals surface area contributed by atoms with Crippen LogP contribution in [0.3, 0.4) is 0 Å². The summed E-state index contributed by atoms with van der Waals surface area (Å²) in [6, 6.07) is 17.1. The normalized spacial score (nSPS) is 10.7. The molecule has 0 saturated carbocycles. The van der Waals surface area contributed by atoms with E-state index in [4.69, 9.17) is 9.78 Å². The summed E-state index contributed by atoms with van der Waals surface area (Å²) in [6.45, 7) is 6.43. The first-order valence-electron chi connectivity index (χ1n) is 9.21. The Labute approximate surface area is 165 Å². The number of benzene rings is 2. The van der Waals surface area contributed by atoms with Crippen molar-refractivity contribution in [3.63, 3.8) is 0 Å². The molecule has 5 nitrogen and oxygen atoms in total. The van der Waals surface area contributed by atoms with Gasteiger partial charge in [0, 0.05) is 24.6 Å². The summed E-state index contributed by atoms with van der Waals surface area (Å²) in [5.74, 6) is 0.992. The zero-order chi connectivity index (χ0) is 20.3. The van der Waals surface area contributed by atoms with Gasteiger partial charge in [-0.2, -0.15) is 5.26 Å². The van der Waals surface area contributed by atoms with E-state index in [0.717, 1.165) is 28.1 Å². The monoisotopic (exact) mass is 373 g/mol. The van der Waals surface area contributed by atoms with E-state index in [0.29, 0.717) is 17.7 Å². The smallest absolute Gasteiger partial charge is 0.253 e. The fourth-order valence-corrected chi connectivity index (χ4v) is 3.09. The van der Waals surface area contributed by atoms with Crippen LogP contribution in [-0.2, 0) is 6.54 Å². The Kier molecular flexibility index (Phi) is 5.60. The first-order chi connectivity index (χ1) is 13.4. The Morgan fingerprint density at radius 2 is 2.00 bits per heavy atom. The number of rotatable bonds is 5. The van der Waals surface area contributed by atoms with Crippen LogP contribution in [0.15, 0.2) is 53.1 Å². The highest BCUT2D eigenvalue weighted by atomic mass is 16.5. The van der Waals surface area contributed by atoms with Crippen molar-refractivity contribution in [2.24, 2.45) is 0 Å². The van der Waals surface area contributed by atoms with Gasteiger partial charge in [0.05, 0.1) is 18.2 Å². The lowest BCUT2D eigenvalue weighted by molar-refractivity contribution is 0.0782. The van der Waals surface area contributed by atoms with E-state index < -0.39 is 0 Å².